The summed E-state index contributed by atoms with van der Waals surface area (Å²) in [5.41, 5.74) is 1.93. The van der Waals surface area contributed by atoms with Crippen LogP contribution in [0.1, 0.15) is 28.0 Å². The van der Waals surface area contributed by atoms with Crippen LogP contribution in [-0.4, -0.2) is 22.5 Å². The van der Waals surface area contributed by atoms with Gasteiger partial charge in [-0.2, -0.15) is 22.8 Å². The number of hydrogen-bond donors (Lipinski definition) is 0. The van der Waals surface area contributed by atoms with Gasteiger partial charge in [-0.05, 0) is 29.3 Å². The van der Waals surface area contributed by atoms with Crippen LogP contribution in [0.15, 0.2) is 42.5 Å². The van der Waals surface area contributed by atoms with Gasteiger partial charge in [0.25, 0.3) is 0 Å². The first-order chi connectivity index (χ1) is 12.4. The lowest BCUT2D eigenvalue weighted by Crippen LogP contribution is -2.06. The van der Waals surface area contributed by atoms with Crippen LogP contribution in [0.4, 0.5) is 13.2 Å². The van der Waals surface area contributed by atoms with E-state index >= 15 is 0 Å². The third-order valence-electron chi connectivity index (χ3n) is 4.35. The molecular weight excluding hydrogens is 345 g/mol. The number of pyridine rings is 1. The maximum atomic E-state index is 13.1. The number of hydrogen-bond acceptors (Lipinski definition) is 3. The standard InChI is InChI=1S/C19H13F3N2O2/c1-26-18-8-7-13(15-10-17(19(20,21)22)23-24(15)18)12-5-6-14-11(9-12)3-2-4-16(14)25/h2-3,5-10H,4H2,1H3. The van der Waals surface area contributed by atoms with Gasteiger partial charge in [0, 0.05) is 23.6 Å². The Morgan fingerprint density at radius 3 is 2.62 bits per heavy atom. The minimum atomic E-state index is -4.56. The third-order valence-corrected chi connectivity index (χ3v) is 4.35. The zero-order valence-electron chi connectivity index (χ0n) is 13.7. The summed E-state index contributed by atoms with van der Waals surface area (Å²) in [7, 11) is 1.37. The molecule has 0 bridgehead atoms. The number of fused-ring (bicyclic) bond motifs is 2. The van der Waals surface area contributed by atoms with Gasteiger partial charge in [-0.3, -0.25) is 4.79 Å². The summed E-state index contributed by atoms with van der Waals surface area (Å²) in [6.07, 6.45) is -0.576. The van der Waals surface area contributed by atoms with Crippen molar-refractivity contribution in [3.05, 3.63) is 59.3 Å². The maximum absolute atomic E-state index is 13.1. The van der Waals surface area contributed by atoms with Gasteiger partial charge in [0.1, 0.15) is 0 Å². The first-order valence-electron chi connectivity index (χ1n) is 7.86. The molecule has 3 aromatic rings. The summed E-state index contributed by atoms with van der Waals surface area (Å²) >= 11 is 0. The van der Waals surface area contributed by atoms with E-state index in [0.29, 0.717) is 23.1 Å². The molecule has 7 heteroatoms. The van der Waals surface area contributed by atoms with Crippen LogP contribution in [0.25, 0.3) is 22.7 Å². The van der Waals surface area contributed by atoms with Gasteiger partial charge in [-0.15, -0.1) is 0 Å². The molecule has 0 atom stereocenters. The number of alkyl halides is 3. The highest BCUT2D eigenvalue weighted by atomic mass is 19.4. The zero-order chi connectivity index (χ0) is 18.5. The normalized spacial score (nSPS) is 13.9. The molecule has 0 saturated carbocycles. The highest BCUT2D eigenvalue weighted by Crippen LogP contribution is 2.35. The molecule has 1 aliphatic rings. The monoisotopic (exact) mass is 358 g/mol. The molecule has 0 N–H and O–H groups in total. The first kappa shape index (κ1) is 16.4. The molecule has 0 amide bonds. The van der Waals surface area contributed by atoms with Crippen molar-refractivity contribution in [1.82, 2.24) is 9.61 Å². The number of methoxy groups -OCH3 is 1. The first-order valence-corrected chi connectivity index (χ1v) is 7.86. The molecule has 132 valence electrons. The van der Waals surface area contributed by atoms with Crippen LogP contribution < -0.4 is 4.74 Å². The number of nitrogens with zero attached hydrogens (tertiary/aromatic N) is 2. The van der Waals surface area contributed by atoms with E-state index in [9.17, 15) is 18.0 Å². The summed E-state index contributed by atoms with van der Waals surface area (Å²) in [5.74, 6) is 0.227. The van der Waals surface area contributed by atoms with Crippen molar-refractivity contribution in [2.24, 2.45) is 0 Å². The van der Waals surface area contributed by atoms with Crippen molar-refractivity contribution >= 4 is 17.4 Å². The molecule has 0 fully saturated rings. The van der Waals surface area contributed by atoms with E-state index in [-0.39, 0.29) is 17.2 Å². The van der Waals surface area contributed by atoms with E-state index in [1.807, 2.05) is 6.08 Å². The second-order valence-corrected chi connectivity index (χ2v) is 5.95. The van der Waals surface area contributed by atoms with Crippen molar-refractivity contribution in [1.29, 1.82) is 0 Å². The second-order valence-electron chi connectivity index (χ2n) is 5.95. The fourth-order valence-electron chi connectivity index (χ4n) is 3.11. The van der Waals surface area contributed by atoms with E-state index in [1.165, 1.54) is 7.11 Å². The van der Waals surface area contributed by atoms with Crippen LogP contribution in [0, 0.1) is 0 Å². The van der Waals surface area contributed by atoms with Crippen LogP contribution in [0.2, 0.25) is 0 Å². The predicted octanol–water partition coefficient (Wildman–Crippen LogP) is 4.63. The molecule has 2 aromatic heterocycles. The Bertz CT molecular complexity index is 1060. The zero-order valence-corrected chi connectivity index (χ0v) is 13.7. The van der Waals surface area contributed by atoms with E-state index in [0.717, 1.165) is 16.1 Å². The predicted molar refractivity (Wildman–Crippen MR) is 90.2 cm³/mol. The van der Waals surface area contributed by atoms with Gasteiger partial charge in [-0.25, -0.2) is 0 Å². The maximum Gasteiger partial charge on any atom is 0.435 e. The Hall–Kier alpha value is -3.09. The fourth-order valence-corrected chi connectivity index (χ4v) is 3.11. The van der Waals surface area contributed by atoms with Gasteiger partial charge in [-0.1, -0.05) is 24.3 Å². The Labute approximate surface area is 146 Å². The van der Waals surface area contributed by atoms with Gasteiger partial charge in [0.2, 0.25) is 5.88 Å². The summed E-state index contributed by atoms with van der Waals surface area (Å²) in [4.78, 5) is 11.9. The average molecular weight is 358 g/mol. The lowest BCUT2D eigenvalue weighted by Gasteiger charge is -2.13. The number of allylic oxidation sites excluding steroid dienone is 1. The second kappa shape index (κ2) is 5.72. The molecule has 0 radical (unpaired) electrons. The van der Waals surface area contributed by atoms with Crippen LogP contribution >= 0.6 is 0 Å². The number of carbonyl (C=O) groups excluding carboxylic acids is 1. The number of ketones is 1. The van der Waals surface area contributed by atoms with Crippen LogP contribution in [0.3, 0.4) is 0 Å². The van der Waals surface area contributed by atoms with Gasteiger partial charge in [0.15, 0.2) is 11.5 Å². The summed E-state index contributed by atoms with van der Waals surface area (Å²) < 4.78 is 45.6. The molecule has 0 unspecified atom stereocenters. The Kier molecular flexibility index (Phi) is 3.61. The largest absolute Gasteiger partial charge is 0.481 e. The molecule has 4 rings (SSSR count). The number of Topliss-reactive ketones (excluding diaryl/α,β-unsaturated/α-hetero) is 1. The van der Waals surface area contributed by atoms with Gasteiger partial charge in [0.05, 0.1) is 12.6 Å². The Morgan fingerprint density at radius 2 is 1.88 bits per heavy atom. The highest BCUT2D eigenvalue weighted by molar-refractivity contribution is 6.03. The molecule has 0 saturated heterocycles. The topological polar surface area (TPSA) is 43.6 Å². The Balaban J connectivity index is 1.94. The number of benzene rings is 1. The van der Waals surface area contributed by atoms with E-state index < -0.39 is 11.9 Å². The molecule has 1 aliphatic carbocycles. The fraction of sp³-hybridized carbons (Fsp3) is 0.158. The molecule has 0 aliphatic heterocycles. The lowest BCUT2D eigenvalue weighted by atomic mass is 9.92. The molecule has 2 heterocycles. The molecular formula is C19H13F3N2O2. The quantitative estimate of drug-likeness (QED) is 0.671. The van der Waals surface area contributed by atoms with Crippen molar-refractivity contribution in [2.45, 2.75) is 12.6 Å². The molecule has 1 aromatic carbocycles. The lowest BCUT2D eigenvalue weighted by molar-refractivity contribution is -0.141. The van der Waals surface area contributed by atoms with E-state index in [2.05, 4.69) is 5.10 Å². The minimum absolute atomic E-state index is 0.0256. The number of carbonyl (C=O) groups is 1. The van der Waals surface area contributed by atoms with Crippen LogP contribution in [-0.2, 0) is 6.18 Å². The number of ether oxygens (including phenoxy) is 1. The van der Waals surface area contributed by atoms with Crippen molar-refractivity contribution in [2.75, 3.05) is 7.11 Å². The highest BCUT2D eigenvalue weighted by Gasteiger charge is 2.35. The summed E-state index contributed by atoms with van der Waals surface area (Å²) in [6, 6.07) is 9.49. The average Bonchev–Trinajstić information content (AvgIpc) is 3.06. The smallest absolute Gasteiger partial charge is 0.435 e. The van der Waals surface area contributed by atoms with Crippen molar-refractivity contribution in [3.8, 4) is 17.0 Å². The molecule has 4 nitrogen and oxygen atoms in total. The minimum Gasteiger partial charge on any atom is -0.481 e. The van der Waals surface area contributed by atoms with E-state index in [1.54, 1.807) is 36.4 Å². The van der Waals surface area contributed by atoms with Gasteiger partial charge >= 0.3 is 6.18 Å². The van der Waals surface area contributed by atoms with E-state index in [4.69, 9.17) is 4.74 Å². The summed E-state index contributed by atoms with van der Waals surface area (Å²) in [5, 5.41) is 3.64. The third kappa shape index (κ3) is 2.56. The number of rotatable bonds is 2. The Morgan fingerprint density at radius 1 is 1.12 bits per heavy atom. The van der Waals surface area contributed by atoms with Crippen molar-refractivity contribution < 1.29 is 22.7 Å². The molecule has 0 spiro atoms. The molecule has 26 heavy (non-hydrogen) atoms. The number of aromatic nitrogens is 2. The van der Waals surface area contributed by atoms with Crippen LogP contribution in [0.5, 0.6) is 5.88 Å². The number of halogens is 3. The summed E-state index contributed by atoms with van der Waals surface area (Å²) in [6.45, 7) is 0. The van der Waals surface area contributed by atoms with Gasteiger partial charge < -0.3 is 4.74 Å². The SMILES string of the molecule is COc1ccc(-c2ccc3c(c2)C=CCC3=O)c2cc(C(F)(F)F)nn12. The van der Waals surface area contributed by atoms with Crippen molar-refractivity contribution in [3.63, 3.8) is 0 Å².